The first-order valence-electron chi connectivity index (χ1n) is 9.24. The summed E-state index contributed by atoms with van der Waals surface area (Å²) in [6.45, 7) is 3.64. The highest BCUT2D eigenvalue weighted by atomic mass is 79.9. The summed E-state index contributed by atoms with van der Waals surface area (Å²) in [4.78, 5) is 12.4. The number of nitrogens with one attached hydrogen (secondary N) is 1. The monoisotopic (exact) mass is 478 g/mol. The highest BCUT2D eigenvalue weighted by Crippen LogP contribution is 2.29. The molecule has 0 saturated heterocycles. The molecule has 1 amide bonds. The van der Waals surface area contributed by atoms with Crippen LogP contribution in [0.3, 0.4) is 0 Å². The van der Waals surface area contributed by atoms with Crippen LogP contribution in [0, 0.1) is 0 Å². The molecular formula is C20H23BrN4O3S. The fourth-order valence-corrected chi connectivity index (χ4v) is 3.86. The Morgan fingerprint density at radius 2 is 2.07 bits per heavy atom. The van der Waals surface area contributed by atoms with E-state index in [1.807, 2.05) is 54.0 Å². The fraction of sp³-hybridized carbons (Fsp3) is 0.350. The predicted molar refractivity (Wildman–Crippen MR) is 116 cm³/mol. The number of thioether (sulfide) groups is 1. The lowest BCUT2D eigenvalue weighted by Gasteiger charge is -2.13. The molecule has 0 radical (unpaired) electrons. The van der Waals surface area contributed by atoms with Crippen LogP contribution in [0.15, 0.2) is 56.7 Å². The van der Waals surface area contributed by atoms with E-state index in [4.69, 9.17) is 9.15 Å². The average molecular weight is 479 g/mol. The maximum Gasteiger partial charge on any atom is 0.233 e. The van der Waals surface area contributed by atoms with Crippen LogP contribution in [0.1, 0.15) is 18.9 Å². The molecule has 3 rings (SSSR count). The molecule has 29 heavy (non-hydrogen) atoms. The number of carbonyl (C=O) groups is 1. The van der Waals surface area contributed by atoms with Crippen molar-refractivity contribution in [1.82, 2.24) is 20.1 Å². The smallest absolute Gasteiger partial charge is 0.233 e. The van der Waals surface area contributed by atoms with Crippen molar-refractivity contribution in [2.45, 2.75) is 30.3 Å². The van der Waals surface area contributed by atoms with Gasteiger partial charge in [-0.15, -0.1) is 10.2 Å². The van der Waals surface area contributed by atoms with Crippen LogP contribution in [0.2, 0.25) is 0 Å². The van der Waals surface area contributed by atoms with Gasteiger partial charge in [-0.2, -0.15) is 0 Å². The Hall–Kier alpha value is -2.10. The number of aromatic nitrogens is 3. The number of hydrogen-bond acceptors (Lipinski definition) is 6. The second-order valence-corrected chi connectivity index (χ2v) is 8.47. The maximum absolute atomic E-state index is 12.4. The minimum atomic E-state index is -0.313. The first-order valence-corrected chi connectivity index (χ1v) is 10.9. The first-order chi connectivity index (χ1) is 14.1. The minimum Gasteiger partial charge on any atom is -0.446 e. The second-order valence-electron chi connectivity index (χ2n) is 6.38. The molecule has 2 heterocycles. The van der Waals surface area contributed by atoms with Gasteiger partial charge in [-0.25, -0.2) is 0 Å². The Balaban J connectivity index is 1.78. The van der Waals surface area contributed by atoms with Crippen LogP contribution in [0.5, 0.6) is 0 Å². The summed E-state index contributed by atoms with van der Waals surface area (Å²) in [5.41, 5.74) is 1.11. The molecule has 1 atom stereocenters. The second kappa shape index (κ2) is 10.6. The van der Waals surface area contributed by atoms with E-state index in [0.717, 1.165) is 12.0 Å². The van der Waals surface area contributed by atoms with Crippen LogP contribution in [-0.4, -0.2) is 46.2 Å². The van der Waals surface area contributed by atoms with Crippen molar-refractivity contribution in [2.24, 2.45) is 0 Å². The molecule has 9 heteroatoms. The van der Waals surface area contributed by atoms with E-state index in [1.54, 1.807) is 7.11 Å². The lowest BCUT2D eigenvalue weighted by molar-refractivity contribution is -0.120. The van der Waals surface area contributed by atoms with Crippen molar-refractivity contribution in [3.63, 3.8) is 0 Å². The van der Waals surface area contributed by atoms with E-state index in [9.17, 15) is 4.79 Å². The number of rotatable bonds is 10. The summed E-state index contributed by atoms with van der Waals surface area (Å²) in [5, 5.41) is 11.9. The van der Waals surface area contributed by atoms with E-state index in [2.05, 4.69) is 31.4 Å². The van der Waals surface area contributed by atoms with Gasteiger partial charge in [0.05, 0.1) is 11.8 Å². The molecule has 3 aromatic rings. The Kier molecular flexibility index (Phi) is 7.91. The zero-order valence-corrected chi connectivity index (χ0v) is 18.7. The van der Waals surface area contributed by atoms with Gasteiger partial charge in [0.15, 0.2) is 15.6 Å². The molecule has 154 valence electrons. The number of amides is 1. The van der Waals surface area contributed by atoms with Crippen LogP contribution < -0.4 is 5.32 Å². The number of carbonyl (C=O) groups excluding carboxylic acids is 1. The molecule has 0 fully saturated rings. The standard InChI is InChI=1S/C20H23BrN4O3S/c1-14(19(26)22-11-6-12-27-2)29-20-24-23-18(16-9-10-17(21)28-16)25(20)13-15-7-4-3-5-8-15/h3-5,7-10,14H,6,11-13H2,1-2H3,(H,22,26). The van der Waals surface area contributed by atoms with Crippen molar-refractivity contribution < 1.29 is 13.9 Å². The predicted octanol–water partition coefficient (Wildman–Crippen LogP) is 3.98. The fourth-order valence-electron chi connectivity index (χ4n) is 2.68. The highest BCUT2D eigenvalue weighted by Gasteiger charge is 2.22. The molecule has 1 aromatic carbocycles. The normalized spacial score (nSPS) is 12.1. The summed E-state index contributed by atoms with van der Waals surface area (Å²) in [6.07, 6.45) is 0.779. The molecule has 1 N–H and O–H groups in total. The molecule has 0 aliphatic carbocycles. The van der Waals surface area contributed by atoms with Gasteiger partial charge in [0.1, 0.15) is 0 Å². The van der Waals surface area contributed by atoms with Crippen molar-refractivity contribution in [2.75, 3.05) is 20.3 Å². The number of halogens is 1. The third-order valence-electron chi connectivity index (χ3n) is 4.17. The van der Waals surface area contributed by atoms with Crippen molar-refractivity contribution in [1.29, 1.82) is 0 Å². The molecule has 0 aliphatic rings. The number of methoxy groups -OCH3 is 1. The minimum absolute atomic E-state index is 0.0392. The zero-order valence-electron chi connectivity index (χ0n) is 16.3. The van der Waals surface area contributed by atoms with E-state index in [-0.39, 0.29) is 11.2 Å². The van der Waals surface area contributed by atoms with E-state index >= 15 is 0 Å². The molecule has 0 bridgehead atoms. The third-order valence-corrected chi connectivity index (χ3v) is 5.68. The van der Waals surface area contributed by atoms with Gasteiger partial charge in [0, 0.05) is 20.3 Å². The third kappa shape index (κ3) is 5.94. The largest absolute Gasteiger partial charge is 0.446 e. The van der Waals surface area contributed by atoms with E-state index in [1.165, 1.54) is 11.8 Å². The summed E-state index contributed by atoms with van der Waals surface area (Å²) in [5.74, 6) is 1.20. The van der Waals surface area contributed by atoms with Gasteiger partial charge in [0.25, 0.3) is 0 Å². The summed E-state index contributed by atoms with van der Waals surface area (Å²) < 4.78 is 13.3. The molecule has 2 aromatic heterocycles. The van der Waals surface area contributed by atoms with Gasteiger partial charge < -0.3 is 14.5 Å². The Labute approximate surface area is 182 Å². The first kappa shape index (κ1) is 21.6. The average Bonchev–Trinajstić information content (AvgIpc) is 3.32. The summed E-state index contributed by atoms with van der Waals surface area (Å²) >= 11 is 4.71. The molecule has 0 spiro atoms. The number of hydrogen-bond donors (Lipinski definition) is 1. The van der Waals surface area contributed by atoms with Gasteiger partial charge in [-0.1, -0.05) is 42.1 Å². The van der Waals surface area contributed by atoms with Crippen LogP contribution in [0.4, 0.5) is 0 Å². The number of ether oxygens (including phenoxy) is 1. The lowest BCUT2D eigenvalue weighted by Crippen LogP contribution is -2.32. The zero-order chi connectivity index (χ0) is 20.6. The van der Waals surface area contributed by atoms with Gasteiger partial charge in [-0.05, 0) is 47.0 Å². The van der Waals surface area contributed by atoms with E-state index in [0.29, 0.717) is 41.1 Å². The summed E-state index contributed by atoms with van der Waals surface area (Å²) in [7, 11) is 1.65. The number of nitrogens with zero attached hydrogens (tertiary/aromatic N) is 3. The Bertz CT molecular complexity index is 929. The number of benzene rings is 1. The molecular weight excluding hydrogens is 456 g/mol. The number of furan rings is 1. The summed E-state index contributed by atoms with van der Waals surface area (Å²) in [6, 6.07) is 13.7. The SMILES string of the molecule is COCCCNC(=O)C(C)Sc1nnc(-c2ccc(Br)o2)n1Cc1ccccc1. The van der Waals surface area contributed by atoms with E-state index < -0.39 is 0 Å². The Morgan fingerprint density at radius 1 is 1.28 bits per heavy atom. The molecule has 7 nitrogen and oxygen atoms in total. The molecule has 1 unspecified atom stereocenters. The van der Waals surface area contributed by atoms with Crippen molar-refractivity contribution >= 4 is 33.6 Å². The molecule has 0 saturated carbocycles. The van der Waals surface area contributed by atoms with Gasteiger partial charge >= 0.3 is 0 Å². The lowest BCUT2D eigenvalue weighted by atomic mass is 10.2. The highest BCUT2D eigenvalue weighted by molar-refractivity contribution is 9.10. The topological polar surface area (TPSA) is 82.2 Å². The van der Waals surface area contributed by atoms with Crippen LogP contribution in [0.25, 0.3) is 11.6 Å². The maximum atomic E-state index is 12.4. The van der Waals surface area contributed by atoms with Crippen LogP contribution in [-0.2, 0) is 16.1 Å². The van der Waals surface area contributed by atoms with Crippen molar-refractivity contribution in [3.05, 3.63) is 52.7 Å². The molecule has 0 aliphatic heterocycles. The van der Waals surface area contributed by atoms with Gasteiger partial charge in [-0.3, -0.25) is 9.36 Å². The van der Waals surface area contributed by atoms with Gasteiger partial charge in [0.2, 0.25) is 11.7 Å². The van der Waals surface area contributed by atoms with Crippen molar-refractivity contribution in [3.8, 4) is 11.6 Å². The Morgan fingerprint density at radius 3 is 2.76 bits per heavy atom. The quantitative estimate of drug-likeness (QED) is 0.350. The van der Waals surface area contributed by atoms with Crippen LogP contribution >= 0.6 is 27.7 Å².